The zero-order valence-corrected chi connectivity index (χ0v) is 15.9. The third-order valence-corrected chi connectivity index (χ3v) is 6.41. The largest absolute Gasteiger partial charge is 0.384 e. The molecule has 3 rings (SSSR count). The molecule has 22 heavy (non-hydrogen) atoms. The topological polar surface area (TPSA) is 64.7 Å². The molecule has 1 atom stereocenters. The second kappa shape index (κ2) is 6.49. The summed E-state index contributed by atoms with van der Waals surface area (Å²) in [5.74, 6) is 0.344. The van der Waals surface area contributed by atoms with Crippen LogP contribution >= 0.6 is 62.2 Å². The van der Waals surface area contributed by atoms with Crippen LogP contribution in [-0.2, 0) is 0 Å². The molecule has 9 heteroatoms. The lowest BCUT2D eigenvalue weighted by atomic mass is 10.2. The van der Waals surface area contributed by atoms with E-state index in [4.69, 9.17) is 28.9 Å². The predicted octanol–water partition coefficient (Wildman–Crippen LogP) is 5.59. The molecule has 0 aliphatic heterocycles. The number of thioether (sulfide) groups is 1. The molecule has 1 unspecified atom stereocenters. The average molecular weight is 436 g/mol. The summed E-state index contributed by atoms with van der Waals surface area (Å²) in [7, 11) is 0. The SMILES string of the molecule is CC(Sc1nc(N)cc(Cl)n1)c1cc2c(Br)csc2c(Cl)n1. The number of halogens is 3. The van der Waals surface area contributed by atoms with E-state index >= 15 is 0 Å². The minimum Gasteiger partial charge on any atom is -0.384 e. The second-order valence-electron chi connectivity index (χ2n) is 4.46. The second-order valence-corrected chi connectivity index (χ2v) is 8.24. The third kappa shape index (κ3) is 3.33. The highest BCUT2D eigenvalue weighted by Gasteiger charge is 2.16. The average Bonchev–Trinajstić information content (AvgIpc) is 2.80. The highest BCUT2D eigenvalue weighted by Crippen LogP contribution is 2.39. The van der Waals surface area contributed by atoms with E-state index < -0.39 is 0 Å². The maximum Gasteiger partial charge on any atom is 0.191 e. The number of nitrogens with two attached hydrogens (primary N) is 1. The van der Waals surface area contributed by atoms with E-state index in [9.17, 15) is 0 Å². The van der Waals surface area contributed by atoms with Crippen LogP contribution in [0.25, 0.3) is 10.1 Å². The van der Waals surface area contributed by atoms with Crippen molar-refractivity contribution in [3.8, 4) is 0 Å². The van der Waals surface area contributed by atoms with E-state index in [1.165, 1.54) is 17.8 Å². The van der Waals surface area contributed by atoms with Gasteiger partial charge in [-0.05, 0) is 28.9 Å². The standard InChI is InChI=1S/C13H9BrCl2N4S2/c1-5(22-13-19-9(15)3-10(17)20-13)8-2-6-7(14)4-21-11(6)12(16)18-8/h2-5H,1H3,(H2,17,19,20). The molecule has 4 nitrogen and oxygen atoms in total. The molecular formula is C13H9BrCl2N4S2. The molecule has 3 aromatic rings. The van der Waals surface area contributed by atoms with Crippen molar-refractivity contribution in [3.05, 3.63) is 38.0 Å². The summed E-state index contributed by atoms with van der Waals surface area (Å²) in [4.78, 5) is 12.8. The highest BCUT2D eigenvalue weighted by molar-refractivity contribution is 9.10. The van der Waals surface area contributed by atoms with Gasteiger partial charge in [0.05, 0.1) is 15.6 Å². The van der Waals surface area contributed by atoms with Crippen molar-refractivity contribution < 1.29 is 0 Å². The molecule has 3 aromatic heterocycles. The summed E-state index contributed by atoms with van der Waals surface area (Å²) in [5, 5.41) is 4.40. The molecule has 0 saturated heterocycles. The summed E-state index contributed by atoms with van der Waals surface area (Å²) in [6, 6.07) is 3.54. The molecule has 0 radical (unpaired) electrons. The van der Waals surface area contributed by atoms with Crippen molar-refractivity contribution in [2.45, 2.75) is 17.3 Å². The van der Waals surface area contributed by atoms with Crippen LogP contribution in [0.3, 0.4) is 0 Å². The quantitative estimate of drug-likeness (QED) is 0.251. The van der Waals surface area contributed by atoms with Crippen molar-refractivity contribution in [1.82, 2.24) is 15.0 Å². The first-order chi connectivity index (χ1) is 10.4. The first-order valence-electron chi connectivity index (χ1n) is 6.14. The molecule has 0 saturated carbocycles. The molecule has 0 fully saturated rings. The Kier molecular flexibility index (Phi) is 4.80. The van der Waals surface area contributed by atoms with E-state index in [1.54, 1.807) is 11.3 Å². The lowest BCUT2D eigenvalue weighted by Crippen LogP contribution is -1.98. The van der Waals surface area contributed by atoms with Crippen molar-refractivity contribution in [1.29, 1.82) is 0 Å². The van der Waals surface area contributed by atoms with Gasteiger partial charge in [0, 0.05) is 21.3 Å². The number of rotatable bonds is 3. The van der Waals surface area contributed by atoms with E-state index in [-0.39, 0.29) is 5.25 Å². The summed E-state index contributed by atoms with van der Waals surface area (Å²) < 4.78 is 1.98. The number of nitrogen functional groups attached to an aromatic ring is 1. The molecule has 0 aliphatic rings. The van der Waals surface area contributed by atoms with Gasteiger partial charge >= 0.3 is 0 Å². The molecule has 3 heterocycles. The minimum absolute atomic E-state index is 0.00608. The fourth-order valence-corrected chi connectivity index (χ4v) is 4.83. The van der Waals surface area contributed by atoms with Gasteiger partial charge in [-0.1, -0.05) is 35.0 Å². The molecule has 114 valence electrons. The summed E-state index contributed by atoms with van der Waals surface area (Å²) in [6.07, 6.45) is 0. The Morgan fingerprint density at radius 2 is 2.05 bits per heavy atom. The number of anilines is 1. The number of hydrogen-bond donors (Lipinski definition) is 1. The van der Waals surface area contributed by atoms with Gasteiger partial charge in [-0.3, -0.25) is 0 Å². The van der Waals surface area contributed by atoms with Gasteiger partial charge in [-0.25, -0.2) is 15.0 Å². The smallest absolute Gasteiger partial charge is 0.191 e. The Morgan fingerprint density at radius 3 is 2.77 bits per heavy atom. The van der Waals surface area contributed by atoms with E-state index in [0.717, 1.165) is 20.3 Å². The number of pyridine rings is 1. The van der Waals surface area contributed by atoms with Gasteiger partial charge < -0.3 is 5.73 Å². The first-order valence-corrected chi connectivity index (χ1v) is 9.44. The van der Waals surface area contributed by atoms with Crippen molar-refractivity contribution in [2.24, 2.45) is 0 Å². The van der Waals surface area contributed by atoms with Crippen molar-refractivity contribution >= 4 is 78.1 Å². The van der Waals surface area contributed by atoms with Crippen molar-refractivity contribution in [3.63, 3.8) is 0 Å². The van der Waals surface area contributed by atoms with Gasteiger partial charge in [0.2, 0.25) is 0 Å². The lowest BCUT2D eigenvalue weighted by Gasteiger charge is -2.11. The van der Waals surface area contributed by atoms with E-state index in [0.29, 0.717) is 21.3 Å². The van der Waals surface area contributed by atoms with Crippen LogP contribution in [0, 0.1) is 0 Å². The minimum atomic E-state index is 0.00608. The van der Waals surface area contributed by atoms with Gasteiger partial charge in [0.15, 0.2) is 5.16 Å². The normalized spacial score (nSPS) is 12.7. The molecule has 0 bridgehead atoms. The zero-order valence-electron chi connectivity index (χ0n) is 11.2. The van der Waals surface area contributed by atoms with Crippen LogP contribution in [-0.4, -0.2) is 15.0 Å². The lowest BCUT2D eigenvalue weighted by molar-refractivity contribution is 0.947. The molecule has 0 aliphatic carbocycles. The predicted molar refractivity (Wildman–Crippen MR) is 98.1 cm³/mol. The molecule has 0 aromatic carbocycles. The molecular weight excluding hydrogens is 427 g/mol. The third-order valence-electron chi connectivity index (χ3n) is 2.88. The van der Waals surface area contributed by atoms with Crippen LogP contribution in [0.2, 0.25) is 10.3 Å². The summed E-state index contributed by atoms with van der Waals surface area (Å²) in [5.41, 5.74) is 6.54. The van der Waals surface area contributed by atoms with Gasteiger partial charge in [-0.2, -0.15) is 0 Å². The maximum atomic E-state index is 6.27. The number of thiophene rings is 1. The summed E-state index contributed by atoms with van der Waals surface area (Å²) >= 11 is 18.7. The van der Waals surface area contributed by atoms with Gasteiger partial charge in [0.25, 0.3) is 0 Å². The van der Waals surface area contributed by atoms with Gasteiger partial charge in [-0.15, -0.1) is 11.3 Å². The van der Waals surface area contributed by atoms with Crippen LogP contribution in [0.1, 0.15) is 17.9 Å². The summed E-state index contributed by atoms with van der Waals surface area (Å²) in [6.45, 7) is 2.01. The Morgan fingerprint density at radius 1 is 1.27 bits per heavy atom. The molecule has 0 amide bonds. The van der Waals surface area contributed by atoms with E-state index in [2.05, 4.69) is 30.9 Å². The van der Waals surface area contributed by atoms with Crippen LogP contribution in [0.5, 0.6) is 0 Å². The van der Waals surface area contributed by atoms with Crippen LogP contribution < -0.4 is 5.73 Å². The Labute approximate surface area is 153 Å². The fourth-order valence-electron chi connectivity index (χ4n) is 1.88. The van der Waals surface area contributed by atoms with E-state index in [1.807, 2.05) is 18.4 Å². The Hall–Kier alpha value is -0.600. The van der Waals surface area contributed by atoms with Gasteiger partial charge in [0.1, 0.15) is 16.1 Å². The van der Waals surface area contributed by atoms with Crippen molar-refractivity contribution in [2.75, 3.05) is 5.73 Å². The Balaban J connectivity index is 1.94. The molecule has 2 N–H and O–H groups in total. The van der Waals surface area contributed by atoms with Crippen LogP contribution in [0.4, 0.5) is 5.82 Å². The first kappa shape index (κ1) is 16.3. The monoisotopic (exact) mass is 434 g/mol. The van der Waals surface area contributed by atoms with Crippen LogP contribution in [0.15, 0.2) is 27.1 Å². The number of fused-ring (bicyclic) bond motifs is 1. The maximum absolute atomic E-state index is 6.27. The molecule has 0 spiro atoms. The Bertz CT molecular complexity index is 835. The number of hydrogen-bond acceptors (Lipinski definition) is 6. The fraction of sp³-hybridized carbons (Fsp3) is 0.154. The number of nitrogens with zero attached hydrogens (tertiary/aromatic N) is 3. The highest BCUT2D eigenvalue weighted by atomic mass is 79.9. The number of aromatic nitrogens is 3. The zero-order chi connectivity index (χ0) is 15.9.